The zero-order chi connectivity index (χ0) is 37.9. The lowest BCUT2D eigenvalue weighted by Crippen LogP contribution is -2.37. The second-order valence-electron chi connectivity index (χ2n) is 13.9. The van der Waals surface area contributed by atoms with Crippen molar-refractivity contribution in [3.8, 4) is 0 Å². The summed E-state index contributed by atoms with van der Waals surface area (Å²) in [6.45, 7) is 4.19. The molecule has 10 heteroatoms. The normalized spacial score (nSPS) is 14.4. The summed E-state index contributed by atoms with van der Waals surface area (Å²) in [4.78, 5) is 35.2. The van der Waals surface area contributed by atoms with Crippen LogP contribution in [0.15, 0.2) is 60.8 Å². The molecule has 0 aliphatic carbocycles. The van der Waals surface area contributed by atoms with Gasteiger partial charge < -0.3 is 18.9 Å². The molecule has 51 heavy (non-hydrogen) atoms. The minimum atomic E-state index is -4.38. The topological polar surface area (TPSA) is 108 Å². The van der Waals surface area contributed by atoms with Crippen LogP contribution in [0.4, 0.5) is 0 Å². The van der Waals surface area contributed by atoms with Gasteiger partial charge in [0.25, 0.3) is 0 Å². The van der Waals surface area contributed by atoms with Gasteiger partial charge in [0, 0.05) is 12.8 Å². The number of rotatable bonds is 34. The minimum Gasteiger partial charge on any atom is -0.462 e. The van der Waals surface area contributed by atoms with Gasteiger partial charge in [-0.2, -0.15) is 0 Å². The molecule has 0 fully saturated rings. The molecule has 1 N–H and O–H groups in total. The standard InChI is InChI=1S/C41H72NO8P/c1-6-8-10-12-14-16-18-20-21-22-24-25-27-29-31-33-40(43)47-37-39(38-49-51(45,46)48-36-35-42(3,4)5)50-41(44)34-32-30-28-26-23-19-17-15-13-11-9-7-2/h8,10,14-17,20-21,24-25,39H,6-7,9,11-13,18-19,22-23,26-38H2,1-5H3/p+1/b10-8-,16-14-,17-15-,21-20-,25-24-/t39-/m1/s1. The SMILES string of the molecule is CC/C=C\C/C=C\C/C=C\C/C=C\CCCCC(=O)OC[C@H](COP(=O)(O)OCC[N+](C)(C)C)OC(=O)CCCCCCC/C=C\CCCCC. The molecule has 0 aliphatic rings. The summed E-state index contributed by atoms with van der Waals surface area (Å²) in [7, 11) is 1.44. The van der Waals surface area contributed by atoms with E-state index in [2.05, 4.69) is 74.6 Å². The lowest BCUT2D eigenvalue weighted by atomic mass is 10.1. The molecule has 0 aromatic carbocycles. The largest absolute Gasteiger partial charge is 0.472 e. The maximum atomic E-state index is 12.6. The summed E-state index contributed by atoms with van der Waals surface area (Å²) in [5.74, 6) is -0.866. The third-order valence-corrected chi connectivity index (χ3v) is 8.77. The quantitative estimate of drug-likeness (QED) is 0.0229. The van der Waals surface area contributed by atoms with Crippen LogP contribution < -0.4 is 0 Å². The van der Waals surface area contributed by atoms with Crippen LogP contribution in [0.3, 0.4) is 0 Å². The van der Waals surface area contributed by atoms with Crippen LogP contribution in [0, 0.1) is 0 Å². The van der Waals surface area contributed by atoms with E-state index in [1.807, 2.05) is 21.1 Å². The van der Waals surface area contributed by atoms with E-state index in [1.165, 1.54) is 19.3 Å². The van der Waals surface area contributed by atoms with Gasteiger partial charge in [0.1, 0.15) is 19.8 Å². The first-order valence-corrected chi connectivity index (χ1v) is 21.0. The van der Waals surface area contributed by atoms with Gasteiger partial charge in [0.15, 0.2) is 6.10 Å². The average molecular weight is 739 g/mol. The Labute approximate surface area is 311 Å². The van der Waals surface area contributed by atoms with Crippen molar-refractivity contribution in [2.75, 3.05) is 47.5 Å². The second-order valence-corrected chi connectivity index (χ2v) is 15.4. The summed E-state index contributed by atoms with van der Waals surface area (Å²) < 4.78 is 34.1. The number of carbonyl (C=O) groups is 2. The smallest absolute Gasteiger partial charge is 0.462 e. The number of hydrogen-bond acceptors (Lipinski definition) is 7. The van der Waals surface area contributed by atoms with Crippen LogP contribution in [0.5, 0.6) is 0 Å². The average Bonchev–Trinajstić information content (AvgIpc) is 3.07. The van der Waals surface area contributed by atoms with E-state index < -0.39 is 32.5 Å². The van der Waals surface area contributed by atoms with E-state index in [9.17, 15) is 19.0 Å². The molecule has 0 radical (unpaired) electrons. The molecule has 9 nitrogen and oxygen atoms in total. The number of phosphoric acid groups is 1. The molecule has 0 rings (SSSR count). The maximum Gasteiger partial charge on any atom is 0.472 e. The van der Waals surface area contributed by atoms with Crippen molar-refractivity contribution in [1.29, 1.82) is 0 Å². The summed E-state index contributed by atoms with van der Waals surface area (Å²) in [6, 6.07) is 0. The monoisotopic (exact) mass is 739 g/mol. The van der Waals surface area contributed by atoms with Gasteiger partial charge >= 0.3 is 19.8 Å². The predicted octanol–water partition coefficient (Wildman–Crippen LogP) is 10.5. The van der Waals surface area contributed by atoms with Crippen LogP contribution in [-0.4, -0.2) is 74.9 Å². The molecular weight excluding hydrogens is 665 g/mol. The molecule has 0 aromatic heterocycles. The van der Waals surface area contributed by atoms with Crippen molar-refractivity contribution in [1.82, 2.24) is 0 Å². The van der Waals surface area contributed by atoms with Crippen molar-refractivity contribution in [2.24, 2.45) is 0 Å². The number of esters is 2. The zero-order valence-electron chi connectivity index (χ0n) is 32.8. The van der Waals surface area contributed by atoms with Crippen LogP contribution in [0.25, 0.3) is 0 Å². The van der Waals surface area contributed by atoms with Crippen LogP contribution in [0.2, 0.25) is 0 Å². The molecule has 0 aliphatic heterocycles. The van der Waals surface area contributed by atoms with Crippen molar-refractivity contribution >= 4 is 19.8 Å². The minimum absolute atomic E-state index is 0.0207. The number of unbranched alkanes of at least 4 members (excludes halogenated alkanes) is 10. The number of nitrogens with zero attached hydrogens (tertiary/aromatic N) is 1. The zero-order valence-corrected chi connectivity index (χ0v) is 33.7. The third kappa shape index (κ3) is 37.3. The number of hydrogen-bond donors (Lipinski definition) is 1. The van der Waals surface area contributed by atoms with E-state index in [1.54, 1.807) is 0 Å². The Bertz CT molecular complexity index is 1060. The highest BCUT2D eigenvalue weighted by Crippen LogP contribution is 2.43. The van der Waals surface area contributed by atoms with Gasteiger partial charge in [0.2, 0.25) is 0 Å². The van der Waals surface area contributed by atoms with E-state index in [4.69, 9.17) is 18.5 Å². The Hall–Kier alpha value is -2.29. The van der Waals surface area contributed by atoms with Crippen LogP contribution in [0.1, 0.15) is 136 Å². The summed E-state index contributed by atoms with van der Waals surface area (Å²) >= 11 is 0. The van der Waals surface area contributed by atoms with Gasteiger partial charge in [-0.05, 0) is 77.0 Å². The third-order valence-electron chi connectivity index (χ3n) is 7.78. The van der Waals surface area contributed by atoms with Crippen molar-refractivity contribution < 1.29 is 42.1 Å². The first-order chi connectivity index (χ1) is 24.5. The lowest BCUT2D eigenvalue weighted by Gasteiger charge is -2.24. The molecular formula is C41H73NO8P+. The lowest BCUT2D eigenvalue weighted by molar-refractivity contribution is -0.870. The van der Waals surface area contributed by atoms with Gasteiger partial charge in [-0.3, -0.25) is 18.6 Å². The molecule has 0 saturated heterocycles. The van der Waals surface area contributed by atoms with Gasteiger partial charge in [-0.25, -0.2) is 4.57 Å². The number of allylic oxidation sites excluding steroid dienone is 10. The fourth-order valence-electron chi connectivity index (χ4n) is 4.70. The molecule has 1 unspecified atom stereocenters. The fourth-order valence-corrected chi connectivity index (χ4v) is 5.44. The number of likely N-dealkylation sites (N-methyl/N-ethyl adjacent to an activating group) is 1. The molecule has 0 aromatic rings. The fraction of sp³-hybridized carbons (Fsp3) is 0.707. The Morgan fingerprint density at radius 2 is 1.12 bits per heavy atom. The molecule has 0 bridgehead atoms. The molecule has 2 atom stereocenters. The Morgan fingerprint density at radius 3 is 1.73 bits per heavy atom. The maximum absolute atomic E-state index is 12.6. The van der Waals surface area contributed by atoms with Crippen molar-refractivity contribution in [2.45, 2.75) is 142 Å². The van der Waals surface area contributed by atoms with E-state index >= 15 is 0 Å². The molecule has 0 spiro atoms. The summed E-state index contributed by atoms with van der Waals surface area (Å²) in [5, 5.41) is 0. The highest BCUT2D eigenvalue weighted by molar-refractivity contribution is 7.47. The Kier molecular flexibility index (Phi) is 32.0. The van der Waals surface area contributed by atoms with Crippen molar-refractivity contribution in [3.63, 3.8) is 0 Å². The molecule has 294 valence electrons. The molecule has 0 heterocycles. The number of phosphoric ester groups is 1. The van der Waals surface area contributed by atoms with Crippen LogP contribution >= 0.6 is 7.82 Å². The van der Waals surface area contributed by atoms with Crippen LogP contribution in [-0.2, 0) is 32.7 Å². The number of ether oxygens (including phenoxy) is 2. The van der Waals surface area contributed by atoms with Crippen molar-refractivity contribution in [3.05, 3.63) is 60.8 Å². The van der Waals surface area contributed by atoms with Gasteiger partial charge in [-0.1, -0.05) is 107 Å². The Morgan fingerprint density at radius 1 is 0.627 bits per heavy atom. The first-order valence-electron chi connectivity index (χ1n) is 19.5. The first kappa shape index (κ1) is 48.7. The summed E-state index contributed by atoms with van der Waals surface area (Å²) in [5.41, 5.74) is 0. The molecule has 0 saturated carbocycles. The summed E-state index contributed by atoms with van der Waals surface area (Å²) in [6.07, 6.45) is 38.4. The van der Waals surface area contributed by atoms with E-state index in [-0.39, 0.29) is 26.1 Å². The van der Waals surface area contributed by atoms with E-state index in [0.29, 0.717) is 23.9 Å². The van der Waals surface area contributed by atoms with Gasteiger partial charge in [0.05, 0.1) is 27.7 Å². The highest BCUT2D eigenvalue weighted by Gasteiger charge is 2.27. The predicted molar refractivity (Wildman–Crippen MR) is 210 cm³/mol. The second kappa shape index (κ2) is 33.5. The number of carbonyl (C=O) groups excluding carboxylic acids is 2. The highest BCUT2D eigenvalue weighted by atomic mass is 31.2. The van der Waals surface area contributed by atoms with E-state index in [0.717, 1.165) is 77.0 Å². The van der Waals surface area contributed by atoms with Gasteiger partial charge in [-0.15, -0.1) is 0 Å². The number of quaternary nitrogens is 1. The molecule has 0 amide bonds. The Balaban J connectivity index is 4.53.